The van der Waals surface area contributed by atoms with Crippen LogP contribution in [0.3, 0.4) is 0 Å². The van der Waals surface area contributed by atoms with Gasteiger partial charge in [0.15, 0.2) is 10.9 Å². The predicted octanol–water partition coefficient (Wildman–Crippen LogP) is 7.72. The van der Waals surface area contributed by atoms with Gasteiger partial charge < -0.3 is 14.7 Å². The number of alkyl halides is 3. The summed E-state index contributed by atoms with van der Waals surface area (Å²) in [5.74, 6) is -3.37. The molecule has 2 fully saturated rings. The van der Waals surface area contributed by atoms with E-state index in [1.54, 1.807) is 35.2 Å². The Morgan fingerprint density at radius 3 is 2.17 bits per heavy atom. The largest absolute Gasteiger partial charge is 0.417 e. The summed E-state index contributed by atoms with van der Waals surface area (Å²) in [6, 6.07) is 19.2. The Balaban J connectivity index is 0.881. The molecule has 18 heteroatoms. The van der Waals surface area contributed by atoms with Crippen LogP contribution in [0.2, 0.25) is 0 Å². The summed E-state index contributed by atoms with van der Waals surface area (Å²) in [5.41, 5.74) is -2.87. The van der Waals surface area contributed by atoms with Crippen LogP contribution in [0.15, 0.2) is 83.7 Å². The Bertz CT molecular complexity index is 2810. The number of fused-ring (bicyclic) bond motifs is 1. The van der Waals surface area contributed by atoms with Crippen LogP contribution in [-0.2, 0) is 22.2 Å². The Labute approximate surface area is 368 Å². The van der Waals surface area contributed by atoms with Crippen molar-refractivity contribution in [3.8, 4) is 6.07 Å². The van der Waals surface area contributed by atoms with Crippen molar-refractivity contribution in [3.05, 3.63) is 134 Å². The summed E-state index contributed by atoms with van der Waals surface area (Å²) >= 11 is 5.52. The summed E-state index contributed by atoms with van der Waals surface area (Å²) in [6.07, 6.45) is -3.13. The van der Waals surface area contributed by atoms with E-state index < -0.39 is 52.1 Å². The fourth-order valence-electron chi connectivity index (χ4n) is 8.04. The molecule has 4 aromatic carbocycles. The number of anilines is 2. The molecule has 2 saturated heterocycles. The highest BCUT2D eigenvalue weighted by molar-refractivity contribution is 7.81. The maximum atomic E-state index is 15.5. The number of aromatic amines is 1. The number of nitriles is 1. The number of Topliss-reactive ketones (excluding diaryl/α,β-unsaturated/α-hetero) is 1. The molecular formula is C46H40F5N7O5S. The van der Waals surface area contributed by atoms with Crippen molar-refractivity contribution in [1.82, 2.24) is 20.0 Å². The maximum absolute atomic E-state index is 15.5. The molecule has 330 valence electrons. The first kappa shape index (κ1) is 45.2. The third-order valence-corrected chi connectivity index (χ3v) is 11.9. The van der Waals surface area contributed by atoms with Gasteiger partial charge in [0.1, 0.15) is 17.2 Å². The second-order valence-corrected chi connectivity index (χ2v) is 16.4. The summed E-state index contributed by atoms with van der Waals surface area (Å²) in [6.45, 7) is 3.87. The number of nitrogens with zero attached hydrogens (tertiary/aromatic N) is 6. The van der Waals surface area contributed by atoms with E-state index >= 15 is 4.39 Å². The number of carbonyl (C=O) groups excluding carboxylic acids is 4. The fraction of sp³-hybridized carbons (Fsp3) is 0.304. The number of thiocarbonyl (C=S) groups is 1. The van der Waals surface area contributed by atoms with Crippen molar-refractivity contribution in [3.63, 3.8) is 0 Å². The van der Waals surface area contributed by atoms with Crippen molar-refractivity contribution in [1.29, 1.82) is 5.26 Å². The number of hydrogen-bond donors (Lipinski definition) is 1. The second-order valence-electron chi connectivity index (χ2n) is 16.0. The molecular weight excluding hydrogens is 858 g/mol. The van der Waals surface area contributed by atoms with Crippen LogP contribution in [0, 0.1) is 23.0 Å². The Morgan fingerprint density at radius 1 is 0.812 bits per heavy atom. The predicted molar refractivity (Wildman–Crippen MR) is 231 cm³/mol. The molecule has 3 amide bonds. The minimum absolute atomic E-state index is 0.0128. The molecule has 0 aliphatic carbocycles. The molecule has 0 bridgehead atoms. The molecule has 0 spiro atoms. The van der Waals surface area contributed by atoms with E-state index in [0.717, 1.165) is 17.0 Å². The van der Waals surface area contributed by atoms with Gasteiger partial charge in [0, 0.05) is 56.5 Å². The molecule has 1 aromatic heterocycles. The number of amides is 3. The van der Waals surface area contributed by atoms with E-state index in [1.165, 1.54) is 60.0 Å². The third kappa shape index (κ3) is 8.98. The highest BCUT2D eigenvalue weighted by Gasteiger charge is 2.51. The van der Waals surface area contributed by atoms with Crippen molar-refractivity contribution in [2.45, 2.75) is 64.1 Å². The number of halogens is 5. The van der Waals surface area contributed by atoms with Crippen molar-refractivity contribution >= 4 is 63.0 Å². The summed E-state index contributed by atoms with van der Waals surface area (Å²) in [4.78, 5) is 70.6. The van der Waals surface area contributed by atoms with Crippen LogP contribution < -0.4 is 15.4 Å². The van der Waals surface area contributed by atoms with E-state index in [2.05, 4.69) is 10.2 Å². The van der Waals surface area contributed by atoms with Gasteiger partial charge in [-0.2, -0.15) is 23.5 Å². The molecule has 2 aliphatic heterocycles. The Kier molecular flexibility index (Phi) is 12.8. The van der Waals surface area contributed by atoms with E-state index in [1.807, 2.05) is 0 Å². The lowest BCUT2D eigenvalue weighted by atomic mass is 10.0. The molecule has 64 heavy (non-hydrogen) atoms. The normalized spacial score (nSPS) is 15.2. The van der Waals surface area contributed by atoms with Crippen molar-refractivity contribution in [2.75, 3.05) is 36.0 Å². The van der Waals surface area contributed by atoms with Crippen LogP contribution in [0.1, 0.15) is 89.1 Å². The minimum Gasteiger partial charge on any atom is -0.339 e. The molecule has 0 atom stereocenters. The molecule has 1 N–H and O–H groups in total. The zero-order chi connectivity index (χ0) is 46.1. The number of hydrogen-bond acceptors (Lipinski definition) is 8. The van der Waals surface area contributed by atoms with Gasteiger partial charge in [0.2, 0.25) is 5.91 Å². The lowest BCUT2D eigenvalue weighted by molar-refractivity contribution is -0.138. The minimum atomic E-state index is -4.88. The molecule has 12 nitrogen and oxygen atoms in total. The molecule has 2 aliphatic rings. The van der Waals surface area contributed by atoms with Gasteiger partial charge in [0.25, 0.3) is 17.4 Å². The van der Waals surface area contributed by atoms with E-state index in [4.69, 9.17) is 12.2 Å². The van der Waals surface area contributed by atoms with E-state index in [-0.39, 0.29) is 84.5 Å². The smallest absolute Gasteiger partial charge is 0.339 e. The number of nitrogens with one attached hydrogen (secondary N) is 1. The number of aromatic nitrogens is 2. The van der Waals surface area contributed by atoms with E-state index in [0.29, 0.717) is 47.4 Å². The number of benzene rings is 4. The van der Waals surface area contributed by atoms with Gasteiger partial charge in [0.05, 0.1) is 45.1 Å². The van der Waals surface area contributed by atoms with Crippen LogP contribution >= 0.6 is 12.2 Å². The number of piperazine rings is 1. The van der Waals surface area contributed by atoms with Gasteiger partial charge in [-0.1, -0.05) is 30.7 Å². The maximum Gasteiger partial charge on any atom is 0.417 e. The van der Waals surface area contributed by atoms with Crippen LogP contribution in [0.4, 0.5) is 33.3 Å². The standard InChI is InChI=1S/C46H40F5N7O5S/c1-45(2)43(63)57(29-14-13-28(26-52)35(24-29)46(49,50)51)44(64)58(45)30-15-16-33(37(48)25-30)39(59)10-4-3-5-11-40(60)55-18-20-56(21-19-55)42(62)34-22-27(12-17-36(34)47)23-38-31-8-6-7-9-32(31)41(61)54-53-38/h6-9,12-17,22,24-25H,3-5,10-11,18-21,23H2,1-2H3,(H,54,61). The molecule has 0 radical (unpaired) electrons. The average molecular weight is 898 g/mol. The van der Waals surface area contributed by atoms with Crippen molar-refractivity contribution in [2.24, 2.45) is 0 Å². The van der Waals surface area contributed by atoms with Crippen LogP contribution in [0.25, 0.3) is 10.8 Å². The number of ketones is 1. The van der Waals surface area contributed by atoms with Gasteiger partial charge in [-0.25, -0.2) is 13.9 Å². The molecule has 3 heterocycles. The average Bonchev–Trinajstić information content (AvgIpc) is 3.45. The number of unbranched alkanes of at least 4 members (excludes halogenated alkanes) is 2. The third-order valence-electron chi connectivity index (χ3n) is 11.5. The quantitative estimate of drug-likeness (QED) is 0.0575. The monoisotopic (exact) mass is 897 g/mol. The highest BCUT2D eigenvalue weighted by atomic mass is 32.1. The Morgan fingerprint density at radius 2 is 1.48 bits per heavy atom. The molecule has 0 unspecified atom stereocenters. The fourth-order valence-corrected chi connectivity index (χ4v) is 8.56. The first-order chi connectivity index (χ1) is 30.4. The topological polar surface area (TPSA) is 151 Å². The Hall–Kier alpha value is -6.87. The zero-order valence-corrected chi connectivity index (χ0v) is 35.4. The first-order valence-corrected chi connectivity index (χ1v) is 20.8. The van der Waals surface area contributed by atoms with Gasteiger partial charge in [-0.15, -0.1) is 0 Å². The summed E-state index contributed by atoms with van der Waals surface area (Å²) in [5, 5.41) is 16.7. The molecule has 5 aromatic rings. The van der Waals surface area contributed by atoms with Gasteiger partial charge in [-0.3, -0.25) is 28.9 Å². The van der Waals surface area contributed by atoms with Crippen LogP contribution in [-0.4, -0.2) is 80.3 Å². The summed E-state index contributed by atoms with van der Waals surface area (Å²) < 4.78 is 71.6. The lowest BCUT2D eigenvalue weighted by Crippen LogP contribution is -2.50. The zero-order valence-electron chi connectivity index (χ0n) is 34.6. The summed E-state index contributed by atoms with van der Waals surface area (Å²) in [7, 11) is 0. The van der Waals surface area contributed by atoms with Crippen LogP contribution in [0.5, 0.6) is 0 Å². The van der Waals surface area contributed by atoms with Crippen molar-refractivity contribution < 1.29 is 41.1 Å². The number of H-pyrrole nitrogens is 1. The first-order valence-electron chi connectivity index (χ1n) is 20.3. The lowest BCUT2D eigenvalue weighted by Gasteiger charge is -2.35. The second kappa shape index (κ2) is 18.1. The van der Waals surface area contributed by atoms with Gasteiger partial charge in [-0.05, 0) is 99.1 Å². The van der Waals surface area contributed by atoms with E-state index in [9.17, 15) is 46.8 Å². The SMILES string of the molecule is CC1(C)C(=O)N(c2ccc(C#N)c(C(F)(F)F)c2)C(=S)N1c1ccc(C(=O)CCCCCC(=O)N2CCN(C(=O)c3cc(Cc4n[nH]c(=O)c5ccccc45)ccc3F)CC2)c(F)c1. The number of carbonyl (C=O) groups is 4. The molecule has 7 rings (SSSR count). The van der Waals surface area contributed by atoms with Gasteiger partial charge >= 0.3 is 6.18 Å². The number of rotatable bonds is 12. The molecule has 0 saturated carbocycles. The highest BCUT2D eigenvalue weighted by Crippen LogP contribution is 2.40.